The molecular formula is C17H33NO3. The van der Waals surface area contributed by atoms with E-state index in [0.717, 1.165) is 26.2 Å². The highest BCUT2D eigenvalue weighted by Gasteiger charge is 2.56. The molecule has 21 heavy (non-hydrogen) atoms. The van der Waals surface area contributed by atoms with Crippen LogP contribution in [-0.2, 0) is 14.2 Å². The van der Waals surface area contributed by atoms with Gasteiger partial charge in [-0.1, -0.05) is 12.8 Å². The molecule has 0 aromatic carbocycles. The maximum absolute atomic E-state index is 5.96. The highest BCUT2D eigenvalue weighted by Crippen LogP contribution is 2.54. The fraction of sp³-hybridized carbons (Fsp3) is 1.00. The highest BCUT2D eigenvalue weighted by molar-refractivity contribution is 5.09. The number of methoxy groups -OCH3 is 1. The Kier molecular flexibility index (Phi) is 7.44. The molecular weight excluding hydrogens is 266 g/mol. The maximum atomic E-state index is 5.96. The Morgan fingerprint density at radius 2 is 1.90 bits per heavy atom. The van der Waals surface area contributed by atoms with Gasteiger partial charge in [0.15, 0.2) is 0 Å². The molecule has 2 aliphatic carbocycles. The van der Waals surface area contributed by atoms with Crippen LogP contribution in [0.15, 0.2) is 0 Å². The quantitative estimate of drug-likeness (QED) is 0.596. The van der Waals surface area contributed by atoms with Gasteiger partial charge in [0, 0.05) is 31.8 Å². The monoisotopic (exact) mass is 299 g/mol. The van der Waals surface area contributed by atoms with E-state index in [9.17, 15) is 0 Å². The van der Waals surface area contributed by atoms with E-state index in [1.165, 1.54) is 38.5 Å². The molecule has 0 aliphatic heterocycles. The van der Waals surface area contributed by atoms with Crippen molar-refractivity contribution in [3.63, 3.8) is 0 Å². The van der Waals surface area contributed by atoms with Gasteiger partial charge in [-0.3, -0.25) is 0 Å². The van der Waals surface area contributed by atoms with Crippen molar-refractivity contribution in [2.45, 2.75) is 64.0 Å². The van der Waals surface area contributed by atoms with Crippen LogP contribution in [0.1, 0.15) is 51.9 Å². The van der Waals surface area contributed by atoms with E-state index in [4.69, 9.17) is 14.2 Å². The normalized spacial score (nSPS) is 27.1. The molecule has 0 saturated heterocycles. The smallest absolute Gasteiger partial charge is 0.0700 e. The van der Waals surface area contributed by atoms with Gasteiger partial charge >= 0.3 is 0 Å². The number of unbranched alkanes of at least 4 members (excludes halogenated alkanes) is 1. The van der Waals surface area contributed by atoms with Gasteiger partial charge in [0.2, 0.25) is 0 Å². The summed E-state index contributed by atoms with van der Waals surface area (Å²) in [5, 5.41) is 3.78. The Balaban J connectivity index is 1.56. The molecule has 0 radical (unpaired) electrons. The largest absolute Gasteiger partial charge is 0.382 e. The predicted molar refractivity (Wildman–Crippen MR) is 84.7 cm³/mol. The maximum Gasteiger partial charge on any atom is 0.0700 e. The standard InChI is InChI=1S/C17H33NO3/c1-3-21-16-14-15(17(16)8-4-5-9-17)18-10-6-7-11-20-13-12-19-2/h15-16,18H,3-14H2,1-2H3. The van der Waals surface area contributed by atoms with E-state index in [0.29, 0.717) is 30.8 Å². The van der Waals surface area contributed by atoms with E-state index in [1.807, 2.05) is 0 Å². The Labute approximate surface area is 129 Å². The van der Waals surface area contributed by atoms with Crippen molar-refractivity contribution in [3.8, 4) is 0 Å². The van der Waals surface area contributed by atoms with Gasteiger partial charge in [-0.2, -0.15) is 0 Å². The average molecular weight is 299 g/mol. The first kappa shape index (κ1) is 17.2. The third-order valence-corrected chi connectivity index (χ3v) is 5.23. The number of ether oxygens (including phenoxy) is 3. The molecule has 1 spiro atoms. The zero-order valence-corrected chi connectivity index (χ0v) is 13.9. The van der Waals surface area contributed by atoms with Crippen LogP contribution in [0.25, 0.3) is 0 Å². The van der Waals surface area contributed by atoms with Crippen LogP contribution in [-0.4, -0.2) is 52.2 Å². The first-order valence-corrected chi connectivity index (χ1v) is 8.75. The van der Waals surface area contributed by atoms with Crippen LogP contribution in [0, 0.1) is 5.41 Å². The van der Waals surface area contributed by atoms with Crippen LogP contribution < -0.4 is 5.32 Å². The Bertz CT molecular complexity index is 279. The molecule has 0 aromatic rings. The number of hydrogen-bond acceptors (Lipinski definition) is 4. The van der Waals surface area contributed by atoms with Gasteiger partial charge in [-0.25, -0.2) is 0 Å². The van der Waals surface area contributed by atoms with E-state index >= 15 is 0 Å². The summed E-state index contributed by atoms with van der Waals surface area (Å²) in [5.41, 5.74) is 0.463. The summed E-state index contributed by atoms with van der Waals surface area (Å²) in [6.07, 6.45) is 9.53. The number of nitrogens with one attached hydrogen (secondary N) is 1. The SMILES string of the molecule is CCOC1CC(NCCCCOCCOC)C12CCCC2. The molecule has 1 N–H and O–H groups in total. The summed E-state index contributed by atoms with van der Waals surface area (Å²) < 4.78 is 16.4. The summed E-state index contributed by atoms with van der Waals surface area (Å²) in [7, 11) is 1.71. The minimum atomic E-state index is 0.463. The summed E-state index contributed by atoms with van der Waals surface area (Å²) in [4.78, 5) is 0. The Hall–Kier alpha value is -0.160. The highest BCUT2D eigenvalue weighted by atomic mass is 16.5. The van der Waals surface area contributed by atoms with E-state index in [2.05, 4.69) is 12.2 Å². The first-order chi connectivity index (χ1) is 10.3. The first-order valence-electron chi connectivity index (χ1n) is 8.75. The lowest BCUT2D eigenvalue weighted by Gasteiger charge is -2.54. The van der Waals surface area contributed by atoms with E-state index in [1.54, 1.807) is 7.11 Å². The second-order valence-electron chi connectivity index (χ2n) is 6.44. The van der Waals surface area contributed by atoms with Crippen LogP contribution in [0.2, 0.25) is 0 Å². The molecule has 4 nitrogen and oxygen atoms in total. The van der Waals surface area contributed by atoms with Crippen LogP contribution in [0.3, 0.4) is 0 Å². The number of rotatable bonds is 11. The lowest BCUT2D eigenvalue weighted by Crippen LogP contribution is -2.62. The lowest BCUT2D eigenvalue weighted by atomic mass is 9.60. The second kappa shape index (κ2) is 9.09. The lowest BCUT2D eigenvalue weighted by molar-refractivity contribution is -0.130. The van der Waals surface area contributed by atoms with Gasteiger partial charge in [0.1, 0.15) is 0 Å². The molecule has 0 heterocycles. The fourth-order valence-electron chi connectivity index (χ4n) is 4.02. The van der Waals surface area contributed by atoms with Crippen molar-refractivity contribution in [3.05, 3.63) is 0 Å². The molecule has 4 heteroatoms. The van der Waals surface area contributed by atoms with Gasteiger partial charge in [-0.05, 0) is 45.6 Å². The molecule has 2 rings (SSSR count). The average Bonchev–Trinajstić information content (AvgIpc) is 3.00. The van der Waals surface area contributed by atoms with Gasteiger partial charge in [-0.15, -0.1) is 0 Å². The topological polar surface area (TPSA) is 39.7 Å². The molecule has 2 atom stereocenters. The molecule has 2 fully saturated rings. The Morgan fingerprint density at radius 3 is 2.62 bits per heavy atom. The van der Waals surface area contributed by atoms with Gasteiger partial charge in [0.05, 0.1) is 19.3 Å². The fourth-order valence-corrected chi connectivity index (χ4v) is 4.02. The molecule has 0 aromatic heterocycles. The molecule has 0 amide bonds. The van der Waals surface area contributed by atoms with Crippen molar-refractivity contribution in [2.75, 3.05) is 40.1 Å². The summed E-state index contributed by atoms with van der Waals surface area (Å²) in [5.74, 6) is 0. The van der Waals surface area contributed by atoms with Crippen molar-refractivity contribution in [1.82, 2.24) is 5.32 Å². The Morgan fingerprint density at radius 1 is 1.10 bits per heavy atom. The van der Waals surface area contributed by atoms with Crippen LogP contribution in [0.5, 0.6) is 0 Å². The molecule has 124 valence electrons. The molecule has 0 bridgehead atoms. The molecule has 2 saturated carbocycles. The third kappa shape index (κ3) is 4.41. The molecule has 2 unspecified atom stereocenters. The van der Waals surface area contributed by atoms with E-state index in [-0.39, 0.29) is 0 Å². The minimum absolute atomic E-state index is 0.463. The summed E-state index contributed by atoms with van der Waals surface area (Å²) in [6, 6.07) is 0.686. The summed E-state index contributed by atoms with van der Waals surface area (Å²) in [6.45, 7) is 6.35. The van der Waals surface area contributed by atoms with Crippen molar-refractivity contribution >= 4 is 0 Å². The summed E-state index contributed by atoms with van der Waals surface area (Å²) >= 11 is 0. The van der Waals surface area contributed by atoms with Crippen LogP contribution in [0.4, 0.5) is 0 Å². The predicted octanol–water partition coefficient (Wildman–Crippen LogP) is 2.76. The van der Waals surface area contributed by atoms with Crippen molar-refractivity contribution < 1.29 is 14.2 Å². The second-order valence-corrected chi connectivity index (χ2v) is 6.44. The van der Waals surface area contributed by atoms with Gasteiger partial charge in [0.25, 0.3) is 0 Å². The zero-order chi connectivity index (χ0) is 15.0. The van der Waals surface area contributed by atoms with Crippen molar-refractivity contribution in [2.24, 2.45) is 5.41 Å². The third-order valence-electron chi connectivity index (χ3n) is 5.23. The molecule has 2 aliphatic rings. The zero-order valence-electron chi connectivity index (χ0n) is 13.9. The van der Waals surface area contributed by atoms with Crippen LogP contribution >= 0.6 is 0 Å². The van der Waals surface area contributed by atoms with Crippen molar-refractivity contribution in [1.29, 1.82) is 0 Å². The minimum Gasteiger partial charge on any atom is -0.382 e. The van der Waals surface area contributed by atoms with Gasteiger partial charge < -0.3 is 19.5 Å². The van der Waals surface area contributed by atoms with E-state index < -0.39 is 0 Å². The number of hydrogen-bond donors (Lipinski definition) is 1.